The standard InChI is InChI=1S/C18H26N2O2/c1-2-12-22-17-10-8-14(13-16(17)19)9-11-18(21)20-15-6-4-3-5-7-15/h8-11,13,15H,2-7,12,19H2,1H3,(H,20,21)/b11-9-. The second kappa shape index (κ2) is 8.47. The maximum absolute atomic E-state index is 11.9. The Bertz CT molecular complexity index is 520. The van der Waals surface area contributed by atoms with E-state index in [9.17, 15) is 4.79 Å². The fraction of sp³-hybridized carbons (Fsp3) is 0.500. The summed E-state index contributed by atoms with van der Waals surface area (Å²) < 4.78 is 5.54. The Balaban J connectivity index is 1.88. The molecule has 1 fully saturated rings. The molecule has 0 aromatic heterocycles. The molecule has 2 rings (SSSR count). The number of hydrogen-bond donors (Lipinski definition) is 2. The lowest BCUT2D eigenvalue weighted by atomic mass is 9.95. The van der Waals surface area contributed by atoms with E-state index >= 15 is 0 Å². The Labute approximate surface area is 132 Å². The molecule has 1 aromatic carbocycles. The number of anilines is 1. The third kappa shape index (κ3) is 5.10. The predicted molar refractivity (Wildman–Crippen MR) is 90.7 cm³/mol. The summed E-state index contributed by atoms with van der Waals surface area (Å²) in [5.74, 6) is 0.669. The smallest absolute Gasteiger partial charge is 0.244 e. The highest BCUT2D eigenvalue weighted by Gasteiger charge is 2.14. The van der Waals surface area contributed by atoms with Crippen molar-refractivity contribution in [3.05, 3.63) is 29.8 Å². The van der Waals surface area contributed by atoms with Gasteiger partial charge in [-0.25, -0.2) is 0 Å². The summed E-state index contributed by atoms with van der Waals surface area (Å²) in [6.45, 7) is 2.71. The SMILES string of the molecule is CCCOc1ccc(/C=C\C(=O)NC2CCCCC2)cc1N. The molecule has 1 amide bonds. The van der Waals surface area contributed by atoms with E-state index in [4.69, 9.17) is 10.5 Å². The van der Waals surface area contributed by atoms with E-state index in [1.807, 2.05) is 18.2 Å². The summed E-state index contributed by atoms with van der Waals surface area (Å²) in [6, 6.07) is 5.92. The van der Waals surface area contributed by atoms with Crippen LogP contribution in [0.25, 0.3) is 6.08 Å². The lowest BCUT2D eigenvalue weighted by Crippen LogP contribution is -2.34. The maximum atomic E-state index is 11.9. The molecule has 22 heavy (non-hydrogen) atoms. The van der Waals surface area contributed by atoms with Gasteiger partial charge in [0, 0.05) is 12.1 Å². The number of carbonyl (C=O) groups is 1. The van der Waals surface area contributed by atoms with Crippen LogP contribution in [-0.2, 0) is 4.79 Å². The van der Waals surface area contributed by atoms with Gasteiger partial charge in [0.2, 0.25) is 5.91 Å². The molecule has 0 aliphatic heterocycles. The van der Waals surface area contributed by atoms with Crippen molar-refractivity contribution >= 4 is 17.7 Å². The van der Waals surface area contributed by atoms with Crippen molar-refractivity contribution in [3.8, 4) is 5.75 Å². The van der Waals surface area contributed by atoms with Crippen LogP contribution in [0, 0.1) is 0 Å². The highest BCUT2D eigenvalue weighted by molar-refractivity contribution is 5.92. The van der Waals surface area contributed by atoms with E-state index in [0.717, 1.165) is 24.8 Å². The van der Waals surface area contributed by atoms with Crippen LogP contribution in [0.15, 0.2) is 24.3 Å². The Morgan fingerprint density at radius 1 is 1.36 bits per heavy atom. The number of hydrogen-bond acceptors (Lipinski definition) is 3. The van der Waals surface area contributed by atoms with Gasteiger partial charge in [-0.2, -0.15) is 0 Å². The Hall–Kier alpha value is -1.97. The molecule has 0 radical (unpaired) electrons. The first-order valence-electron chi connectivity index (χ1n) is 8.20. The second-order valence-corrected chi connectivity index (χ2v) is 5.82. The molecule has 0 atom stereocenters. The average molecular weight is 302 g/mol. The molecule has 1 aromatic rings. The van der Waals surface area contributed by atoms with Crippen LogP contribution in [0.2, 0.25) is 0 Å². The minimum absolute atomic E-state index is 0.0308. The van der Waals surface area contributed by atoms with Crippen molar-refractivity contribution in [1.82, 2.24) is 5.32 Å². The van der Waals surface area contributed by atoms with Crippen LogP contribution in [0.1, 0.15) is 51.0 Å². The van der Waals surface area contributed by atoms with Gasteiger partial charge in [0.15, 0.2) is 0 Å². The van der Waals surface area contributed by atoms with Crippen molar-refractivity contribution in [2.24, 2.45) is 0 Å². The first-order valence-corrected chi connectivity index (χ1v) is 8.20. The third-order valence-corrected chi connectivity index (χ3v) is 3.87. The second-order valence-electron chi connectivity index (χ2n) is 5.82. The summed E-state index contributed by atoms with van der Waals surface area (Å²) in [4.78, 5) is 11.9. The van der Waals surface area contributed by atoms with Crippen molar-refractivity contribution in [1.29, 1.82) is 0 Å². The molecule has 0 bridgehead atoms. The van der Waals surface area contributed by atoms with Crippen LogP contribution in [0.4, 0.5) is 5.69 Å². The number of rotatable bonds is 6. The minimum atomic E-state index is -0.0308. The number of amides is 1. The zero-order chi connectivity index (χ0) is 15.8. The number of nitrogen functional groups attached to an aromatic ring is 1. The molecule has 4 heteroatoms. The molecule has 3 N–H and O–H groups in total. The molecule has 1 aliphatic rings. The Morgan fingerprint density at radius 3 is 2.82 bits per heavy atom. The molecule has 0 heterocycles. The lowest BCUT2D eigenvalue weighted by Gasteiger charge is -2.21. The fourth-order valence-corrected chi connectivity index (χ4v) is 2.68. The number of benzene rings is 1. The number of nitrogens with two attached hydrogens (primary N) is 1. The molecule has 0 spiro atoms. The number of nitrogens with one attached hydrogen (secondary N) is 1. The summed E-state index contributed by atoms with van der Waals surface area (Å²) in [5, 5.41) is 3.06. The van der Waals surface area contributed by atoms with Crippen molar-refractivity contribution in [3.63, 3.8) is 0 Å². The average Bonchev–Trinajstić information content (AvgIpc) is 2.53. The minimum Gasteiger partial charge on any atom is -0.491 e. The van der Waals surface area contributed by atoms with Gasteiger partial charge in [-0.05, 0) is 43.0 Å². The quantitative estimate of drug-likeness (QED) is 0.624. The molecular weight excluding hydrogens is 276 g/mol. The zero-order valence-corrected chi connectivity index (χ0v) is 13.3. The van der Waals surface area contributed by atoms with E-state index in [1.165, 1.54) is 19.3 Å². The number of ether oxygens (including phenoxy) is 1. The summed E-state index contributed by atoms with van der Waals surface area (Å²) in [5.41, 5.74) is 7.46. The highest BCUT2D eigenvalue weighted by Crippen LogP contribution is 2.23. The normalized spacial score (nSPS) is 15.9. The van der Waals surface area contributed by atoms with Gasteiger partial charge in [-0.15, -0.1) is 0 Å². The Kier molecular flexibility index (Phi) is 6.31. The van der Waals surface area contributed by atoms with E-state index in [-0.39, 0.29) is 5.91 Å². The van der Waals surface area contributed by atoms with Gasteiger partial charge in [0.25, 0.3) is 0 Å². The van der Waals surface area contributed by atoms with Crippen LogP contribution in [0.3, 0.4) is 0 Å². The fourth-order valence-electron chi connectivity index (χ4n) is 2.68. The van der Waals surface area contributed by atoms with Crippen LogP contribution < -0.4 is 15.8 Å². The van der Waals surface area contributed by atoms with Gasteiger partial charge in [-0.1, -0.05) is 32.3 Å². The van der Waals surface area contributed by atoms with E-state index in [1.54, 1.807) is 12.2 Å². The first kappa shape index (κ1) is 16.4. The molecule has 0 saturated heterocycles. The lowest BCUT2D eigenvalue weighted by molar-refractivity contribution is -0.117. The largest absolute Gasteiger partial charge is 0.491 e. The van der Waals surface area contributed by atoms with Crippen molar-refractivity contribution in [2.45, 2.75) is 51.5 Å². The van der Waals surface area contributed by atoms with Crippen molar-refractivity contribution < 1.29 is 9.53 Å². The predicted octanol–water partition coefficient (Wildman–Crippen LogP) is 3.52. The third-order valence-electron chi connectivity index (χ3n) is 3.87. The van der Waals surface area contributed by atoms with Gasteiger partial charge >= 0.3 is 0 Å². The van der Waals surface area contributed by atoms with Crippen LogP contribution in [0.5, 0.6) is 5.75 Å². The molecule has 120 valence electrons. The van der Waals surface area contributed by atoms with E-state index < -0.39 is 0 Å². The van der Waals surface area contributed by atoms with Crippen LogP contribution in [-0.4, -0.2) is 18.6 Å². The summed E-state index contributed by atoms with van der Waals surface area (Å²) in [7, 11) is 0. The van der Waals surface area contributed by atoms with Gasteiger partial charge in [-0.3, -0.25) is 4.79 Å². The van der Waals surface area contributed by atoms with Gasteiger partial charge < -0.3 is 15.8 Å². The molecular formula is C18H26N2O2. The molecule has 1 aliphatic carbocycles. The molecule has 0 unspecified atom stereocenters. The van der Waals surface area contributed by atoms with Gasteiger partial charge in [0.1, 0.15) is 5.75 Å². The zero-order valence-electron chi connectivity index (χ0n) is 13.3. The topological polar surface area (TPSA) is 64.3 Å². The first-order chi connectivity index (χ1) is 10.7. The van der Waals surface area contributed by atoms with E-state index in [0.29, 0.717) is 24.1 Å². The summed E-state index contributed by atoms with van der Waals surface area (Å²) >= 11 is 0. The van der Waals surface area contributed by atoms with Gasteiger partial charge in [0.05, 0.1) is 12.3 Å². The number of carbonyl (C=O) groups excluding carboxylic acids is 1. The molecule has 1 saturated carbocycles. The highest BCUT2D eigenvalue weighted by atomic mass is 16.5. The Morgan fingerprint density at radius 2 is 2.14 bits per heavy atom. The maximum Gasteiger partial charge on any atom is 0.244 e. The summed E-state index contributed by atoms with van der Waals surface area (Å²) in [6.07, 6.45) is 10.2. The molecule has 4 nitrogen and oxygen atoms in total. The monoisotopic (exact) mass is 302 g/mol. The van der Waals surface area contributed by atoms with Crippen LogP contribution >= 0.6 is 0 Å². The van der Waals surface area contributed by atoms with Crippen molar-refractivity contribution in [2.75, 3.05) is 12.3 Å². The van der Waals surface area contributed by atoms with E-state index in [2.05, 4.69) is 12.2 Å².